The van der Waals surface area contributed by atoms with E-state index in [-0.39, 0.29) is 17.5 Å². The number of amides is 2. The van der Waals surface area contributed by atoms with Crippen molar-refractivity contribution >= 4 is 45.0 Å². The smallest absolute Gasteiger partial charge is 0.328 e. The minimum absolute atomic E-state index is 0.158. The lowest BCUT2D eigenvalue weighted by molar-refractivity contribution is 0.0893. The van der Waals surface area contributed by atoms with E-state index < -0.39 is 0 Å². The van der Waals surface area contributed by atoms with Crippen molar-refractivity contribution in [2.24, 2.45) is 14.1 Å². The molecule has 0 saturated carbocycles. The minimum atomic E-state index is -0.348. The summed E-state index contributed by atoms with van der Waals surface area (Å²) in [5, 5.41) is 1.66. The van der Waals surface area contributed by atoms with Crippen LogP contribution in [0.15, 0.2) is 53.3 Å². The molecule has 3 aromatic carbocycles. The van der Waals surface area contributed by atoms with E-state index in [4.69, 9.17) is 0 Å². The number of aryl methyl sites for hydroxylation is 2. The van der Waals surface area contributed by atoms with Crippen LogP contribution in [0.3, 0.4) is 0 Å². The van der Waals surface area contributed by atoms with Gasteiger partial charge in [-0.2, -0.15) is 0 Å². The molecule has 1 aromatic heterocycles. The van der Waals surface area contributed by atoms with Crippen LogP contribution >= 0.6 is 0 Å². The van der Waals surface area contributed by atoms with E-state index in [0.717, 1.165) is 61.2 Å². The number of likely N-dealkylation sites (N-methyl/N-ethyl adjacent to an activating group) is 1. The molecule has 0 N–H and O–H groups in total. The molecule has 1 saturated heterocycles. The number of rotatable bonds is 5. The molecule has 0 bridgehead atoms. The third-order valence-corrected chi connectivity index (χ3v) is 7.97. The van der Waals surface area contributed by atoms with Gasteiger partial charge in [0.15, 0.2) is 0 Å². The summed E-state index contributed by atoms with van der Waals surface area (Å²) in [4.78, 5) is 48.2. The van der Waals surface area contributed by atoms with Gasteiger partial charge in [0, 0.05) is 81.0 Å². The maximum Gasteiger partial charge on any atom is 0.328 e. The van der Waals surface area contributed by atoms with Gasteiger partial charge < -0.3 is 9.80 Å². The van der Waals surface area contributed by atoms with Gasteiger partial charge in [0.05, 0.1) is 16.7 Å². The van der Waals surface area contributed by atoms with Gasteiger partial charge >= 0.3 is 5.69 Å². The fourth-order valence-electron chi connectivity index (χ4n) is 5.78. The van der Waals surface area contributed by atoms with E-state index in [1.807, 2.05) is 24.3 Å². The van der Waals surface area contributed by atoms with Gasteiger partial charge in [-0.15, -0.1) is 0 Å². The predicted molar refractivity (Wildman–Crippen MR) is 150 cm³/mol. The molecule has 4 aromatic rings. The SMILES string of the molecule is CN(C)CCN1CCN(c2ccc3c4c(cccc24)C(=O)N(c2ccc4c(c2)n(C)c(=O)n4C)C3=O)CC1. The Labute approximate surface area is 221 Å². The number of nitrogens with zero attached hydrogens (tertiary/aromatic N) is 6. The Morgan fingerprint density at radius 1 is 0.789 bits per heavy atom. The topological polar surface area (TPSA) is 74.0 Å². The molecular formula is C29H32N6O3. The number of carbonyl (C=O) groups excluding carboxylic acids is 2. The molecule has 0 atom stereocenters. The van der Waals surface area contributed by atoms with E-state index in [1.165, 1.54) is 9.47 Å². The van der Waals surface area contributed by atoms with Crippen molar-refractivity contribution in [1.82, 2.24) is 18.9 Å². The number of imidazole rings is 1. The summed E-state index contributed by atoms with van der Waals surface area (Å²) in [7, 11) is 7.59. The Morgan fingerprint density at radius 2 is 1.47 bits per heavy atom. The molecule has 2 amide bonds. The fourth-order valence-corrected chi connectivity index (χ4v) is 5.78. The Kier molecular flexibility index (Phi) is 5.85. The molecule has 9 heteroatoms. The molecule has 0 aliphatic carbocycles. The molecule has 0 spiro atoms. The molecule has 38 heavy (non-hydrogen) atoms. The van der Waals surface area contributed by atoms with Crippen LogP contribution < -0.4 is 15.5 Å². The largest absolute Gasteiger partial charge is 0.368 e. The van der Waals surface area contributed by atoms with Gasteiger partial charge in [-0.05, 0) is 50.5 Å². The van der Waals surface area contributed by atoms with Gasteiger partial charge in [0.2, 0.25) is 0 Å². The van der Waals surface area contributed by atoms with Crippen LogP contribution in [0.5, 0.6) is 0 Å². The molecule has 6 rings (SSSR count). The Bertz CT molecular complexity index is 1640. The number of hydrogen-bond donors (Lipinski definition) is 0. The fraction of sp³-hybridized carbons (Fsp3) is 0.345. The highest BCUT2D eigenvalue weighted by atomic mass is 16.2. The number of benzene rings is 3. The third-order valence-electron chi connectivity index (χ3n) is 7.97. The standard InChI is InChI=1S/C29H32N6O3/c1-30(2)12-13-33-14-16-34(17-15-33)23-11-9-22-26-20(23)6-5-7-21(26)27(36)35(28(22)37)19-8-10-24-25(18-19)32(4)29(38)31(24)3/h5-11,18H,12-17H2,1-4H3. The van der Waals surface area contributed by atoms with Crippen molar-refractivity contribution in [3.8, 4) is 0 Å². The average Bonchev–Trinajstić information content (AvgIpc) is 3.14. The van der Waals surface area contributed by atoms with Crippen LogP contribution in [-0.4, -0.2) is 84.1 Å². The van der Waals surface area contributed by atoms with Crippen molar-refractivity contribution in [1.29, 1.82) is 0 Å². The highest BCUT2D eigenvalue weighted by Gasteiger charge is 2.35. The van der Waals surface area contributed by atoms with Gasteiger partial charge in [0.1, 0.15) is 0 Å². The van der Waals surface area contributed by atoms with Crippen LogP contribution in [0.25, 0.3) is 21.8 Å². The molecule has 3 heterocycles. The summed E-state index contributed by atoms with van der Waals surface area (Å²) < 4.78 is 3.08. The summed E-state index contributed by atoms with van der Waals surface area (Å²) in [6.45, 7) is 5.84. The van der Waals surface area contributed by atoms with Crippen LogP contribution in [0.1, 0.15) is 20.7 Å². The summed E-state index contributed by atoms with van der Waals surface area (Å²) in [5.74, 6) is -0.696. The second-order valence-electron chi connectivity index (χ2n) is 10.5. The predicted octanol–water partition coefficient (Wildman–Crippen LogP) is 2.51. The Hall–Kier alpha value is -3.95. The molecule has 2 aliphatic heterocycles. The lowest BCUT2D eigenvalue weighted by Gasteiger charge is -2.37. The molecule has 196 valence electrons. The number of anilines is 2. The summed E-state index contributed by atoms with van der Waals surface area (Å²) >= 11 is 0. The van der Waals surface area contributed by atoms with Crippen LogP contribution in [0.4, 0.5) is 11.4 Å². The molecule has 1 fully saturated rings. The first-order valence-corrected chi connectivity index (χ1v) is 13.0. The van der Waals surface area contributed by atoms with Crippen molar-refractivity contribution in [2.45, 2.75) is 0 Å². The average molecular weight is 513 g/mol. The van der Waals surface area contributed by atoms with E-state index >= 15 is 0 Å². The third kappa shape index (κ3) is 3.73. The Balaban J connectivity index is 1.36. The highest BCUT2D eigenvalue weighted by molar-refractivity contribution is 6.36. The normalized spacial score (nSPS) is 16.4. The maximum atomic E-state index is 13.8. The van der Waals surface area contributed by atoms with Crippen molar-refractivity contribution in [3.05, 3.63) is 70.1 Å². The summed E-state index contributed by atoms with van der Waals surface area (Å²) in [6.07, 6.45) is 0. The van der Waals surface area contributed by atoms with Gasteiger partial charge in [0.25, 0.3) is 11.8 Å². The first-order chi connectivity index (χ1) is 18.3. The molecule has 9 nitrogen and oxygen atoms in total. The van der Waals surface area contributed by atoms with Crippen LogP contribution in [0.2, 0.25) is 0 Å². The number of imide groups is 1. The quantitative estimate of drug-likeness (QED) is 0.383. The number of carbonyl (C=O) groups is 2. The van der Waals surface area contributed by atoms with E-state index in [0.29, 0.717) is 22.3 Å². The van der Waals surface area contributed by atoms with Gasteiger partial charge in [-0.1, -0.05) is 12.1 Å². The minimum Gasteiger partial charge on any atom is -0.368 e. The van der Waals surface area contributed by atoms with Crippen LogP contribution in [0, 0.1) is 0 Å². The lowest BCUT2D eigenvalue weighted by Crippen LogP contribution is -2.48. The number of fused-ring (bicyclic) bond motifs is 1. The second-order valence-corrected chi connectivity index (χ2v) is 10.5. The van der Waals surface area contributed by atoms with Crippen molar-refractivity contribution < 1.29 is 9.59 Å². The highest BCUT2D eigenvalue weighted by Crippen LogP contribution is 2.38. The molecule has 0 unspecified atom stereocenters. The molecule has 2 aliphatic rings. The number of aromatic nitrogens is 2. The molecule has 0 radical (unpaired) electrons. The van der Waals surface area contributed by atoms with E-state index in [2.05, 4.69) is 28.8 Å². The summed E-state index contributed by atoms with van der Waals surface area (Å²) in [5.41, 5.74) is 3.81. The second kappa shape index (κ2) is 9.11. The van der Waals surface area contributed by atoms with Crippen molar-refractivity contribution in [2.75, 3.05) is 63.2 Å². The van der Waals surface area contributed by atoms with Gasteiger partial charge in [-0.3, -0.25) is 23.6 Å². The zero-order chi connectivity index (χ0) is 26.7. The Morgan fingerprint density at radius 3 is 2.18 bits per heavy atom. The van der Waals surface area contributed by atoms with E-state index in [9.17, 15) is 14.4 Å². The van der Waals surface area contributed by atoms with E-state index in [1.54, 1.807) is 42.9 Å². The summed E-state index contributed by atoms with van der Waals surface area (Å²) in [6, 6.07) is 14.8. The lowest BCUT2D eigenvalue weighted by atomic mass is 9.92. The number of hydrogen-bond acceptors (Lipinski definition) is 6. The zero-order valence-corrected chi connectivity index (χ0v) is 22.3. The number of piperazine rings is 1. The molecular weight excluding hydrogens is 480 g/mol. The monoisotopic (exact) mass is 512 g/mol. The first-order valence-electron chi connectivity index (χ1n) is 13.0. The van der Waals surface area contributed by atoms with Crippen LogP contribution in [-0.2, 0) is 14.1 Å². The van der Waals surface area contributed by atoms with Gasteiger partial charge in [-0.25, -0.2) is 9.69 Å². The zero-order valence-electron chi connectivity index (χ0n) is 22.3. The maximum absolute atomic E-state index is 13.8. The first kappa shape index (κ1) is 24.4. The van der Waals surface area contributed by atoms with Crippen molar-refractivity contribution in [3.63, 3.8) is 0 Å².